The first-order valence-corrected chi connectivity index (χ1v) is 7.27. The molecular formula is C16H13BrF3NO. The van der Waals surface area contributed by atoms with E-state index in [0.717, 1.165) is 22.2 Å². The first kappa shape index (κ1) is 16.5. The maximum atomic E-state index is 12.6. The van der Waals surface area contributed by atoms with E-state index in [1.165, 1.54) is 12.1 Å². The quantitative estimate of drug-likeness (QED) is 0.811. The van der Waals surface area contributed by atoms with Gasteiger partial charge in [0.1, 0.15) is 0 Å². The number of aryl methyl sites for hydroxylation is 1. The van der Waals surface area contributed by atoms with Gasteiger partial charge in [-0.25, -0.2) is 0 Å². The standard InChI is InChI=1S/C16H13BrF3NO/c1-10-5-6-14(13(17)7-10)21-15(22)9-11-3-2-4-12(8-11)16(18,19)20/h2-8H,9H2,1H3,(H,21,22). The molecule has 0 atom stereocenters. The van der Waals surface area contributed by atoms with Crippen molar-refractivity contribution in [2.75, 3.05) is 5.32 Å². The number of halogens is 4. The Hall–Kier alpha value is -1.82. The Labute approximate surface area is 134 Å². The van der Waals surface area contributed by atoms with E-state index in [9.17, 15) is 18.0 Å². The number of nitrogens with one attached hydrogen (secondary N) is 1. The highest BCUT2D eigenvalue weighted by molar-refractivity contribution is 9.10. The number of carbonyl (C=O) groups excluding carboxylic acids is 1. The highest BCUT2D eigenvalue weighted by Gasteiger charge is 2.30. The molecule has 116 valence electrons. The lowest BCUT2D eigenvalue weighted by molar-refractivity contribution is -0.137. The van der Waals surface area contributed by atoms with Gasteiger partial charge in [0.25, 0.3) is 0 Å². The first-order valence-electron chi connectivity index (χ1n) is 6.48. The Kier molecular flexibility index (Phi) is 4.90. The van der Waals surface area contributed by atoms with Crippen LogP contribution >= 0.6 is 15.9 Å². The van der Waals surface area contributed by atoms with Crippen LogP contribution in [0.2, 0.25) is 0 Å². The molecule has 0 saturated carbocycles. The normalized spacial score (nSPS) is 11.3. The van der Waals surface area contributed by atoms with E-state index in [-0.39, 0.29) is 12.3 Å². The van der Waals surface area contributed by atoms with Crippen molar-refractivity contribution in [1.29, 1.82) is 0 Å². The molecule has 0 aliphatic heterocycles. The third-order valence-electron chi connectivity index (χ3n) is 3.02. The summed E-state index contributed by atoms with van der Waals surface area (Å²) in [5.74, 6) is -0.371. The fourth-order valence-corrected chi connectivity index (χ4v) is 2.55. The van der Waals surface area contributed by atoms with Gasteiger partial charge in [-0.1, -0.05) is 24.3 Å². The third kappa shape index (κ3) is 4.34. The number of anilines is 1. The Morgan fingerprint density at radius 2 is 1.91 bits per heavy atom. The van der Waals surface area contributed by atoms with E-state index in [1.807, 2.05) is 19.1 Å². The summed E-state index contributed by atoms with van der Waals surface area (Å²) in [5.41, 5.74) is 1.18. The molecule has 0 radical (unpaired) electrons. The highest BCUT2D eigenvalue weighted by Crippen LogP contribution is 2.29. The molecule has 2 rings (SSSR count). The van der Waals surface area contributed by atoms with E-state index >= 15 is 0 Å². The van der Waals surface area contributed by atoms with E-state index in [2.05, 4.69) is 21.2 Å². The average Bonchev–Trinajstić information content (AvgIpc) is 2.41. The monoisotopic (exact) mass is 371 g/mol. The van der Waals surface area contributed by atoms with E-state index < -0.39 is 11.7 Å². The van der Waals surface area contributed by atoms with Crippen LogP contribution in [0.4, 0.5) is 18.9 Å². The second kappa shape index (κ2) is 6.52. The van der Waals surface area contributed by atoms with Crippen LogP contribution in [0.15, 0.2) is 46.9 Å². The second-order valence-corrected chi connectivity index (χ2v) is 5.76. The van der Waals surface area contributed by atoms with Crippen molar-refractivity contribution < 1.29 is 18.0 Å². The third-order valence-corrected chi connectivity index (χ3v) is 3.67. The summed E-state index contributed by atoms with van der Waals surface area (Å²) in [7, 11) is 0. The van der Waals surface area contributed by atoms with Crippen molar-refractivity contribution >= 4 is 27.5 Å². The van der Waals surface area contributed by atoms with Gasteiger partial charge in [-0.15, -0.1) is 0 Å². The van der Waals surface area contributed by atoms with Crippen LogP contribution in [0.5, 0.6) is 0 Å². The molecule has 0 fully saturated rings. The Bertz CT molecular complexity index is 698. The number of hydrogen-bond donors (Lipinski definition) is 1. The fourth-order valence-electron chi connectivity index (χ4n) is 1.96. The number of rotatable bonds is 3. The van der Waals surface area contributed by atoms with Crippen molar-refractivity contribution in [3.8, 4) is 0 Å². The van der Waals surface area contributed by atoms with Crippen molar-refractivity contribution in [3.63, 3.8) is 0 Å². The van der Waals surface area contributed by atoms with Crippen LogP contribution in [-0.2, 0) is 17.4 Å². The minimum Gasteiger partial charge on any atom is -0.325 e. The average molecular weight is 372 g/mol. The molecule has 0 aliphatic carbocycles. The molecule has 0 unspecified atom stereocenters. The lowest BCUT2D eigenvalue weighted by Gasteiger charge is -2.10. The van der Waals surface area contributed by atoms with Gasteiger partial charge in [0, 0.05) is 4.47 Å². The van der Waals surface area contributed by atoms with Gasteiger partial charge in [-0.2, -0.15) is 13.2 Å². The number of hydrogen-bond acceptors (Lipinski definition) is 1. The number of carbonyl (C=O) groups is 1. The van der Waals surface area contributed by atoms with Crippen LogP contribution in [-0.4, -0.2) is 5.91 Å². The van der Waals surface area contributed by atoms with Gasteiger partial charge in [0.2, 0.25) is 5.91 Å². The molecular weight excluding hydrogens is 359 g/mol. The van der Waals surface area contributed by atoms with Crippen LogP contribution in [0.3, 0.4) is 0 Å². The largest absolute Gasteiger partial charge is 0.416 e. The zero-order valence-electron chi connectivity index (χ0n) is 11.7. The highest BCUT2D eigenvalue weighted by atomic mass is 79.9. The van der Waals surface area contributed by atoms with Crippen molar-refractivity contribution in [3.05, 3.63) is 63.6 Å². The molecule has 0 bridgehead atoms. The summed E-state index contributed by atoms with van der Waals surface area (Å²) in [5, 5.41) is 2.68. The number of amides is 1. The molecule has 6 heteroatoms. The zero-order chi connectivity index (χ0) is 16.3. The summed E-state index contributed by atoms with van der Waals surface area (Å²) in [6.45, 7) is 1.92. The van der Waals surface area contributed by atoms with Crippen LogP contribution < -0.4 is 5.32 Å². The molecule has 2 aromatic carbocycles. The SMILES string of the molecule is Cc1ccc(NC(=O)Cc2cccc(C(F)(F)F)c2)c(Br)c1. The lowest BCUT2D eigenvalue weighted by atomic mass is 10.1. The summed E-state index contributed by atoms with van der Waals surface area (Å²) < 4.78 is 38.6. The van der Waals surface area contributed by atoms with Gasteiger partial charge in [0.05, 0.1) is 17.7 Å². The summed E-state index contributed by atoms with van der Waals surface area (Å²) in [6, 6.07) is 10.2. The van der Waals surface area contributed by atoms with Gasteiger partial charge in [-0.3, -0.25) is 4.79 Å². The number of alkyl halides is 3. The van der Waals surface area contributed by atoms with Gasteiger partial charge in [0.15, 0.2) is 0 Å². The Morgan fingerprint density at radius 3 is 2.55 bits per heavy atom. The lowest BCUT2D eigenvalue weighted by Crippen LogP contribution is -2.15. The minimum atomic E-state index is -4.41. The zero-order valence-corrected chi connectivity index (χ0v) is 13.3. The number of benzene rings is 2. The van der Waals surface area contributed by atoms with Crippen molar-refractivity contribution in [1.82, 2.24) is 0 Å². The van der Waals surface area contributed by atoms with E-state index in [1.54, 1.807) is 6.07 Å². The summed E-state index contributed by atoms with van der Waals surface area (Å²) >= 11 is 3.34. The molecule has 2 aromatic rings. The Balaban J connectivity index is 2.09. The maximum absolute atomic E-state index is 12.6. The molecule has 0 heterocycles. The van der Waals surface area contributed by atoms with Gasteiger partial charge in [-0.05, 0) is 52.2 Å². The molecule has 2 nitrogen and oxygen atoms in total. The molecule has 0 aromatic heterocycles. The summed E-state index contributed by atoms with van der Waals surface area (Å²) in [6.07, 6.45) is -4.53. The second-order valence-electron chi connectivity index (χ2n) is 4.91. The minimum absolute atomic E-state index is 0.121. The van der Waals surface area contributed by atoms with Crippen LogP contribution in [0.1, 0.15) is 16.7 Å². The predicted molar refractivity (Wildman–Crippen MR) is 82.7 cm³/mol. The van der Waals surface area contributed by atoms with E-state index in [0.29, 0.717) is 11.3 Å². The molecule has 1 amide bonds. The van der Waals surface area contributed by atoms with Crippen LogP contribution in [0, 0.1) is 6.92 Å². The first-order chi connectivity index (χ1) is 10.3. The van der Waals surface area contributed by atoms with Crippen molar-refractivity contribution in [2.24, 2.45) is 0 Å². The molecule has 1 N–H and O–H groups in total. The Morgan fingerprint density at radius 1 is 1.18 bits per heavy atom. The van der Waals surface area contributed by atoms with Crippen LogP contribution in [0.25, 0.3) is 0 Å². The topological polar surface area (TPSA) is 29.1 Å². The maximum Gasteiger partial charge on any atom is 0.416 e. The van der Waals surface area contributed by atoms with E-state index in [4.69, 9.17) is 0 Å². The molecule has 0 aliphatic rings. The van der Waals surface area contributed by atoms with Gasteiger partial charge >= 0.3 is 6.18 Å². The molecule has 0 saturated heterocycles. The molecule has 0 spiro atoms. The summed E-state index contributed by atoms with van der Waals surface area (Å²) in [4.78, 5) is 12.0. The van der Waals surface area contributed by atoms with Gasteiger partial charge < -0.3 is 5.32 Å². The molecule has 22 heavy (non-hydrogen) atoms. The van der Waals surface area contributed by atoms with Crippen molar-refractivity contribution in [2.45, 2.75) is 19.5 Å². The fraction of sp³-hybridized carbons (Fsp3) is 0.188. The predicted octanol–water partition coefficient (Wildman–Crippen LogP) is 4.96. The smallest absolute Gasteiger partial charge is 0.325 e.